The molecule has 4 rings (SSSR count). The van der Waals surface area contributed by atoms with Crippen LogP contribution in [0.3, 0.4) is 0 Å². The van der Waals surface area contributed by atoms with Crippen LogP contribution < -0.4 is 5.32 Å². The lowest BCUT2D eigenvalue weighted by Crippen LogP contribution is -2.24. The predicted octanol–water partition coefficient (Wildman–Crippen LogP) is 5.69. The summed E-state index contributed by atoms with van der Waals surface area (Å²) in [5.74, 6) is 0.334. The van der Waals surface area contributed by atoms with E-state index in [1.807, 2.05) is 30.3 Å². The molecular weight excluding hydrogens is 502 g/mol. The first-order chi connectivity index (χ1) is 15.8. The first kappa shape index (κ1) is 23.2. The highest BCUT2D eigenvalue weighted by molar-refractivity contribution is 9.10. The largest absolute Gasteiger partial charge is 0.325 e. The van der Waals surface area contributed by atoms with Crippen LogP contribution in [0.4, 0.5) is 5.69 Å². The van der Waals surface area contributed by atoms with Crippen LogP contribution in [0.25, 0.3) is 22.2 Å². The number of fused-ring (bicyclic) bond motifs is 1. The van der Waals surface area contributed by atoms with Crippen molar-refractivity contribution in [2.45, 2.75) is 30.0 Å². The Balaban J connectivity index is 1.63. The molecule has 33 heavy (non-hydrogen) atoms. The summed E-state index contributed by atoms with van der Waals surface area (Å²) in [5.41, 5.74) is 2.82. The van der Waals surface area contributed by atoms with Gasteiger partial charge in [-0.2, -0.15) is 0 Å². The number of hydrogen-bond donors (Lipinski definition) is 1. The number of pyridine rings is 1. The van der Waals surface area contributed by atoms with Crippen LogP contribution in [-0.4, -0.2) is 28.1 Å². The van der Waals surface area contributed by atoms with E-state index < -0.39 is 10.0 Å². The molecule has 4 aromatic rings. The zero-order chi connectivity index (χ0) is 23.6. The lowest BCUT2D eigenvalue weighted by molar-refractivity contribution is -0.115. The van der Waals surface area contributed by atoms with Gasteiger partial charge in [-0.05, 0) is 59.9 Å². The first-order valence-electron chi connectivity index (χ1n) is 10.6. The first-order valence-corrected chi connectivity index (χ1v) is 12.9. The van der Waals surface area contributed by atoms with Gasteiger partial charge in [-0.1, -0.05) is 60.1 Å². The van der Waals surface area contributed by atoms with E-state index in [1.54, 1.807) is 42.6 Å². The maximum atomic E-state index is 13.1. The lowest BCUT2D eigenvalue weighted by atomic mass is 10.0. The Morgan fingerprint density at radius 1 is 1.03 bits per heavy atom. The number of benzene rings is 2. The van der Waals surface area contributed by atoms with E-state index in [0.717, 1.165) is 22.9 Å². The van der Waals surface area contributed by atoms with E-state index in [9.17, 15) is 13.2 Å². The number of hydrogen-bond acceptors (Lipinski definition) is 4. The van der Waals surface area contributed by atoms with Crippen LogP contribution in [0.1, 0.15) is 20.3 Å². The van der Waals surface area contributed by atoms with Gasteiger partial charge in [0, 0.05) is 23.5 Å². The van der Waals surface area contributed by atoms with Crippen LogP contribution in [0.15, 0.2) is 84.0 Å². The summed E-state index contributed by atoms with van der Waals surface area (Å²) in [5, 5.41) is 3.65. The van der Waals surface area contributed by atoms with Gasteiger partial charge in [0.15, 0.2) is 5.65 Å². The monoisotopic (exact) mass is 525 g/mol. The van der Waals surface area contributed by atoms with Gasteiger partial charge in [0.2, 0.25) is 5.91 Å². The van der Waals surface area contributed by atoms with Crippen LogP contribution in [0.2, 0.25) is 0 Å². The normalized spacial score (nSPS) is 12.7. The van der Waals surface area contributed by atoms with E-state index >= 15 is 0 Å². The van der Waals surface area contributed by atoms with Crippen molar-refractivity contribution in [3.63, 3.8) is 0 Å². The molecular formula is C25H24BrN3O3S. The molecule has 0 fully saturated rings. The smallest absolute Gasteiger partial charge is 0.269 e. The quantitative estimate of drug-likeness (QED) is 0.314. The third-order valence-corrected chi connectivity index (χ3v) is 7.75. The minimum atomic E-state index is -3.76. The maximum Gasteiger partial charge on any atom is 0.269 e. The number of nitrogens with one attached hydrogen (secondary N) is 1. The van der Waals surface area contributed by atoms with Gasteiger partial charge < -0.3 is 5.32 Å². The second-order valence-electron chi connectivity index (χ2n) is 8.19. The number of alkyl halides is 1. The van der Waals surface area contributed by atoms with E-state index in [1.165, 1.54) is 10.2 Å². The summed E-state index contributed by atoms with van der Waals surface area (Å²) in [6.45, 7) is 4.15. The van der Waals surface area contributed by atoms with E-state index in [4.69, 9.17) is 0 Å². The van der Waals surface area contributed by atoms with Crippen molar-refractivity contribution in [1.29, 1.82) is 0 Å². The molecule has 0 saturated heterocycles. The zero-order valence-electron chi connectivity index (χ0n) is 18.3. The molecule has 2 aromatic heterocycles. The van der Waals surface area contributed by atoms with Gasteiger partial charge in [0.05, 0.1) is 9.72 Å². The number of rotatable bonds is 7. The van der Waals surface area contributed by atoms with Gasteiger partial charge in [-0.15, -0.1) is 0 Å². The molecule has 2 aromatic carbocycles. The van der Waals surface area contributed by atoms with Crippen LogP contribution >= 0.6 is 15.9 Å². The summed E-state index contributed by atoms with van der Waals surface area (Å²) < 4.78 is 27.4. The minimum absolute atomic E-state index is 0.0778. The molecule has 0 aliphatic heterocycles. The van der Waals surface area contributed by atoms with Crippen LogP contribution in [0.5, 0.6) is 0 Å². The Bertz CT molecular complexity index is 1380. The van der Waals surface area contributed by atoms with Crippen molar-refractivity contribution in [2.75, 3.05) is 5.32 Å². The van der Waals surface area contributed by atoms with Crippen molar-refractivity contribution >= 4 is 48.6 Å². The number of aromatic nitrogens is 2. The molecule has 0 aliphatic carbocycles. The Labute approximate surface area is 201 Å². The molecule has 6 nitrogen and oxygen atoms in total. The summed E-state index contributed by atoms with van der Waals surface area (Å²) in [4.78, 5) is 16.7. The summed E-state index contributed by atoms with van der Waals surface area (Å²) in [7, 11) is -3.76. The SMILES string of the molecule is CC(C)C[C@H](Br)C(=O)Nc1ccc(-c2ccnc3c2ccn3S(=O)(=O)c2ccccc2)cc1. The highest BCUT2D eigenvalue weighted by Crippen LogP contribution is 2.31. The fraction of sp³-hybridized carbons (Fsp3) is 0.200. The number of anilines is 1. The van der Waals surface area contributed by atoms with Gasteiger partial charge in [-0.25, -0.2) is 17.4 Å². The number of carbonyl (C=O) groups excluding carboxylic acids is 1. The Morgan fingerprint density at radius 3 is 2.39 bits per heavy atom. The molecule has 0 radical (unpaired) electrons. The third kappa shape index (κ3) is 4.86. The molecule has 1 N–H and O–H groups in total. The molecule has 0 spiro atoms. The Morgan fingerprint density at radius 2 is 1.73 bits per heavy atom. The molecule has 0 bridgehead atoms. The predicted molar refractivity (Wildman–Crippen MR) is 135 cm³/mol. The molecule has 170 valence electrons. The molecule has 0 aliphatic rings. The third-order valence-electron chi connectivity index (χ3n) is 5.28. The summed E-state index contributed by atoms with van der Waals surface area (Å²) in [6.07, 6.45) is 3.89. The maximum absolute atomic E-state index is 13.1. The average molecular weight is 526 g/mol. The number of amides is 1. The standard InChI is InChI=1S/C25H24BrN3O3S/c1-17(2)16-23(26)25(30)28-19-10-8-18(9-11-19)21-12-14-27-24-22(21)13-15-29(24)33(31,32)20-6-4-3-5-7-20/h3-15,17,23H,16H2,1-2H3,(H,28,30)/t23-/m0/s1. The van der Waals surface area contributed by atoms with Gasteiger partial charge in [0.25, 0.3) is 10.0 Å². The minimum Gasteiger partial charge on any atom is -0.325 e. The average Bonchev–Trinajstić information content (AvgIpc) is 3.25. The van der Waals surface area contributed by atoms with Crippen LogP contribution in [0, 0.1) is 5.92 Å². The molecule has 2 heterocycles. The highest BCUT2D eigenvalue weighted by Gasteiger charge is 2.21. The van der Waals surface area contributed by atoms with Gasteiger partial charge >= 0.3 is 0 Å². The van der Waals surface area contributed by atoms with E-state index in [2.05, 4.69) is 40.1 Å². The lowest BCUT2D eigenvalue weighted by Gasteiger charge is -2.13. The number of halogens is 1. The number of nitrogens with zero attached hydrogens (tertiary/aromatic N) is 2. The summed E-state index contributed by atoms with van der Waals surface area (Å²) >= 11 is 3.44. The highest BCUT2D eigenvalue weighted by atomic mass is 79.9. The zero-order valence-corrected chi connectivity index (χ0v) is 20.7. The van der Waals surface area contributed by atoms with E-state index in [-0.39, 0.29) is 15.6 Å². The summed E-state index contributed by atoms with van der Waals surface area (Å²) in [6, 6.07) is 19.4. The van der Waals surface area contributed by atoms with Crippen LogP contribution in [-0.2, 0) is 14.8 Å². The molecule has 1 amide bonds. The van der Waals surface area contributed by atoms with Gasteiger partial charge in [-0.3, -0.25) is 4.79 Å². The topological polar surface area (TPSA) is 81.1 Å². The Hall–Kier alpha value is -2.97. The van der Waals surface area contributed by atoms with Crippen molar-refractivity contribution in [2.24, 2.45) is 5.92 Å². The molecule has 1 atom stereocenters. The van der Waals surface area contributed by atoms with Crippen molar-refractivity contribution < 1.29 is 13.2 Å². The fourth-order valence-corrected chi connectivity index (χ4v) is 5.83. The molecule has 0 unspecified atom stereocenters. The van der Waals surface area contributed by atoms with Gasteiger partial charge in [0.1, 0.15) is 0 Å². The number of carbonyl (C=O) groups is 1. The second kappa shape index (κ2) is 9.49. The molecule has 0 saturated carbocycles. The van der Waals surface area contributed by atoms with E-state index in [0.29, 0.717) is 17.3 Å². The fourth-order valence-electron chi connectivity index (χ4n) is 3.64. The second-order valence-corrected chi connectivity index (χ2v) is 11.1. The molecule has 8 heteroatoms. The van der Waals surface area contributed by atoms with Crippen molar-refractivity contribution in [3.05, 3.63) is 79.1 Å². The van der Waals surface area contributed by atoms with Crippen molar-refractivity contribution in [1.82, 2.24) is 8.96 Å². The van der Waals surface area contributed by atoms with Crippen molar-refractivity contribution in [3.8, 4) is 11.1 Å². The Kier molecular flexibility index (Phi) is 6.67.